The summed E-state index contributed by atoms with van der Waals surface area (Å²) in [6.07, 6.45) is 0. The monoisotopic (exact) mass is 457 g/mol. The van der Waals surface area contributed by atoms with Crippen LogP contribution in [0.1, 0.15) is 5.56 Å². The van der Waals surface area contributed by atoms with E-state index in [0.717, 1.165) is 15.6 Å². The van der Waals surface area contributed by atoms with Crippen molar-refractivity contribution in [2.45, 2.75) is 6.92 Å². The van der Waals surface area contributed by atoms with Gasteiger partial charge in [-0.2, -0.15) is 0 Å². The molecular formula is C19H20BrN7O2. The highest BCUT2D eigenvalue weighted by atomic mass is 79.9. The van der Waals surface area contributed by atoms with Crippen LogP contribution in [0, 0.1) is 6.92 Å². The van der Waals surface area contributed by atoms with E-state index in [2.05, 4.69) is 42.1 Å². The van der Waals surface area contributed by atoms with Gasteiger partial charge in [-0.15, -0.1) is 5.10 Å². The van der Waals surface area contributed by atoms with Crippen LogP contribution in [0.2, 0.25) is 0 Å². The fraction of sp³-hybridized carbons (Fsp3) is 0.211. The zero-order valence-electron chi connectivity index (χ0n) is 16.2. The third kappa shape index (κ3) is 5.17. The fourth-order valence-corrected chi connectivity index (χ4v) is 3.15. The zero-order chi connectivity index (χ0) is 21.0. The summed E-state index contributed by atoms with van der Waals surface area (Å²) in [5.74, 6) is 0.297. The first-order chi connectivity index (χ1) is 13.8. The molecule has 0 spiro atoms. The molecule has 3 amide bonds. The summed E-state index contributed by atoms with van der Waals surface area (Å²) in [6.45, 7) is 1.81. The average molecular weight is 458 g/mol. The SMILES string of the molecule is Cc1cc(Br)ccc1NC(=O)CN(C)C(=O)Nc1cccc(-c2nnnn2C)c1. The molecule has 0 aliphatic heterocycles. The first kappa shape index (κ1) is 20.5. The first-order valence-corrected chi connectivity index (χ1v) is 9.53. The molecule has 2 aromatic carbocycles. The Morgan fingerprint density at radius 1 is 1.17 bits per heavy atom. The Morgan fingerprint density at radius 2 is 1.97 bits per heavy atom. The van der Waals surface area contributed by atoms with Crippen LogP contribution in [0.3, 0.4) is 0 Å². The molecule has 0 saturated heterocycles. The number of nitrogens with zero attached hydrogens (tertiary/aromatic N) is 5. The van der Waals surface area contributed by atoms with Gasteiger partial charge in [0.05, 0.1) is 0 Å². The molecule has 150 valence electrons. The second kappa shape index (κ2) is 8.82. The predicted octanol–water partition coefficient (Wildman–Crippen LogP) is 3.05. The molecule has 0 saturated carbocycles. The van der Waals surface area contributed by atoms with Crippen molar-refractivity contribution >= 4 is 39.2 Å². The molecule has 0 fully saturated rings. The molecule has 1 heterocycles. The van der Waals surface area contributed by atoms with Gasteiger partial charge < -0.3 is 15.5 Å². The highest BCUT2D eigenvalue weighted by molar-refractivity contribution is 9.10. The Bertz CT molecular complexity index is 1050. The number of carbonyl (C=O) groups is 2. The third-order valence-electron chi connectivity index (χ3n) is 4.18. The quantitative estimate of drug-likeness (QED) is 0.612. The number of aryl methyl sites for hydroxylation is 2. The van der Waals surface area contributed by atoms with Crippen molar-refractivity contribution < 1.29 is 9.59 Å². The zero-order valence-corrected chi connectivity index (χ0v) is 17.8. The van der Waals surface area contributed by atoms with E-state index in [-0.39, 0.29) is 12.5 Å². The maximum absolute atomic E-state index is 12.5. The van der Waals surface area contributed by atoms with Gasteiger partial charge in [-0.05, 0) is 53.2 Å². The Balaban J connectivity index is 1.60. The van der Waals surface area contributed by atoms with E-state index < -0.39 is 6.03 Å². The number of hydrogen-bond acceptors (Lipinski definition) is 5. The Labute approximate surface area is 176 Å². The van der Waals surface area contributed by atoms with Crippen LogP contribution in [0.15, 0.2) is 46.9 Å². The number of rotatable bonds is 5. The molecular weight excluding hydrogens is 438 g/mol. The number of carbonyl (C=O) groups excluding carboxylic acids is 2. The lowest BCUT2D eigenvalue weighted by atomic mass is 10.2. The van der Waals surface area contributed by atoms with E-state index in [0.29, 0.717) is 17.2 Å². The topological polar surface area (TPSA) is 105 Å². The Morgan fingerprint density at radius 3 is 2.66 bits per heavy atom. The van der Waals surface area contributed by atoms with Gasteiger partial charge in [-0.25, -0.2) is 9.48 Å². The average Bonchev–Trinajstić information content (AvgIpc) is 3.10. The van der Waals surface area contributed by atoms with Crippen LogP contribution in [-0.2, 0) is 11.8 Å². The van der Waals surface area contributed by atoms with Gasteiger partial charge in [0.15, 0.2) is 5.82 Å². The summed E-state index contributed by atoms with van der Waals surface area (Å²) in [5.41, 5.74) is 2.97. The summed E-state index contributed by atoms with van der Waals surface area (Å²) in [5, 5.41) is 17.0. The largest absolute Gasteiger partial charge is 0.324 e. The smallest absolute Gasteiger partial charge is 0.322 e. The van der Waals surface area contributed by atoms with Gasteiger partial charge in [0.2, 0.25) is 5.91 Å². The first-order valence-electron chi connectivity index (χ1n) is 8.74. The summed E-state index contributed by atoms with van der Waals surface area (Å²) in [7, 11) is 3.29. The van der Waals surface area contributed by atoms with E-state index in [4.69, 9.17) is 0 Å². The molecule has 2 N–H and O–H groups in total. The number of tetrazole rings is 1. The molecule has 0 radical (unpaired) electrons. The van der Waals surface area contributed by atoms with Crippen LogP contribution in [0.4, 0.5) is 16.2 Å². The summed E-state index contributed by atoms with van der Waals surface area (Å²) in [4.78, 5) is 26.1. The van der Waals surface area contributed by atoms with E-state index in [1.165, 1.54) is 4.90 Å². The van der Waals surface area contributed by atoms with Crippen LogP contribution < -0.4 is 10.6 Å². The number of urea groups is 1. The van der Waals surface area contributed by atoms with E-state index >= 15 is 0 Å². The molecule has 0 atom stereocenters. The molecule has 3 rings (SSSR count). The minimum Gasteiger partial charge on any atom is -0.324 e. The summed E-state index contributed by atoms with van der Waals surface area (Å²) >= 11 is 3.39. The second-order valence-electron chi connectivity index (χ2n) is 6.50. The molecule has 0 aliphatic rings. The standard InChI is InChI=1S/C19H20BrN7O2/c1-12-9-14(20)7-8-16(12)22-17(28)11-26(2)19(29)21-15-6-4-5-13(10-15)18-23-24-25-27(18)3/h4-10H,11H2,1-3H3,(H,21,29)(H,22,28). The van der Waals surface area contributed by atoms with E-state index in [1.807, 2.05) is 31.2 Å². The molecule has 0 aliphatic carbocycles. The number of benzene rings is 2. The van der Waals surface area contributed by atoms with Gasteiger partial charge in [-0.1, -0.05) is 28.1 Å². The Hall–Kier alpha value is -3.27. The Kier molecular flexibility index (Phi) is 6.23. The number of hydrogen-bond donors (Lipinski definition) is 2. The van der Waals surface area contributed by atoms with E-state index in [9.17, 15) is 9.59 Å². The molecule has 0 bridgehead atoms. The molecule has 10 heteroatoms. The van der Waals surface area contributed by atoms with Crippen molar-refractivity contribution in [2.24, 2.45) is 7.05 Å². The number of amides is 3. The van der Waals surface area contributed by atoms with Gasteiger partial charge >= 0.3 is 6.03 Å². The fourth-order valence-electron chi connectivity index (χ4n) is 2.67. The lowest BCUT2D eigenvalue weighted by Gasteiger charge is -2.18. The van der Waals surface area contributed by atoms with Gasteiger partial charge in [-0.3, -0.25) is 4.79 Å². The third-order valence-corrected chi connectivity index (χ3v) is 4.68. The van der Waals surface area contributed by atoms with Crippen molar-refractivity contribution in [3.05, 3.63) is 52.5 Å². The van der Waals surface area contributed by atoms with Gasteiger partial charge in [0.25, 0.3) is 0 Å². The maximum atomic E-state index is 12.5. The molecule has 1 aromatic heterocycles. The summed E-state index contributed by atoms with van der Waals surface area (Å²) in [6, 6.07) is 12.3. The van der Waals surface area contributed by atoms with Crippen LogP contribution in [0.25, 0.3) is 11.4 Å². The van der Waals surface area contributed by atoms with Crippen molar-refractivity contribution in [1.82, 2.24) is 25.1 Å². The van der Waals surface area contributed by atoms with Crippen molar-refractivity contribution in [1.29, 1.82) is 0 Å². The van der Waals surface area contributed by atoms with Crippen LogP contribution in [0.5, 0.6) is 0 Å². The lowest BCUT2D eigenvalue weighted by molar-refractivity contribution is -0.116. The number of aromatic nitrogens is 4. The maximum Gasteiger partial charge on any atom is 0.322 e. The molecule has 3 aromatic rings. The molecule has 9 nitrogen and oxygen atoms in total. The highest BCUT2D eigenvalue weighted by Gasteiger charge is 2.15. The minimum absolute atomic E-state index is 0.0891. The predicted molar refractivity (Wildman–Crippen MR) is 113 cm³/mol. The summed E-state index contributed by atoms with van der Waals surface area (Å²) < 4.78 is 2.48. The van der Waals surface area contributed by atoms with E-state index in [1.54, 1.807) is 37.0 Å². The van der Waals surface area contributed by atoms with Gasteiger partial charge in [0, 0.05) is 35.5 Å². The van der Waals surface area contributed by atoms with Gasteiger partial charge in [0.1, 0.15) is 6.54 Å². The number of nitrogens with one attached hydrogen (secondary N) is 2. The van der Waals surface area contributed by atoms with Crippen molar-refractivity contribution in [2.75, 3.05) is 24.2 Å². The van der Waals surface area contributed by atoms with Crippen LogP contribution in [-0.4, -0.2) is 50.6 Å². The molecule has 29 heavy (non-hydrogen) atoms. The highest BCUT2D eigenvalue weighted by Crippen LogP contribution is 2.21. The normalized spacial score (nSPS) is 10.5. The van der Waals surface area contributed by atoms with Crippen molar-refractivity contribution in [3.8, 4) is 11.4 Å². The second-order valence-corrected chi connectivity index (χ2v) is 7.42. The number of anilines is 2. The lowest BCUT2D eigenvalue weighted by Crippen LogP contribution is -2.37. The molecule has 0 unspecified atom stereocenters. The van der Waals surface area contributed by atoms with Crippen LogP contribution >= 0.6 is 15.9 Å². The minimum atomic E-state index is -0.402. The number of halogens is 1. The van der Waals surface area contributed by atoms with Crippen molar-refractivity contribution in [3.63, 3.8) is 0 Å². The number of likely N-dealkylation sites (N-methyl/N-ethyl adjacent to an activating group) is 1.